The second-order valence-electron chi connectivity index (χ2n) is 6.40. The molecule has 3 aromatic rings. The molecule has 27 heavy (non-hydrogen) atoms. The summed E-state index contributed by atoms with van der Waals surface area (Å²) < 4.78 is 14.2. The Morgan fingerprint density at radius 1 is 1.04 bits per heavy atom. The van der Waals surface area contributed by atoms with Crippen LogP contribution < -0.4 is 5.32 Å². The van der Waals surface area contributed by atoms with Gasteiger partial charge >= 0.3 is 0 Å². The smallest absolute Gasteiger partial charge is 0.182 e. The molecule has 0 fully saturated rings. The molecule has 0 radical (unpaired) electrons. The summed E-state index contributed by atoms with van der Waals surface area (Å²) in [5.74, 6) is -0.284. The average Bonchev–Trinajstić information content (AvgIpc) is 2.63. The van der Waals surface area contributed by atoms with Gasteiger partial charge in [0, 0.05) is 46.1 Å². The van der Waals surface area contributed by atoms with E-state index in [2.05, 4.69) is 15.3 Å². The standard InChI is InChI=1S/C20H19ClFN3O2/c1-11(2)14-10-24-18(13-7-12(21)3-4-16(13)22)8-19(14)25-17-5-6-23-9-15(17)20(26)27/h3-11,20,26-27H,1-2H3,(H,23,24,25). The number of halogens is 2. The second-order valence-corrected chi connectivity index (χ2v) is 6.83. The SMILES string of the molecule is CC(C)c1cnc(-c2cc(Cl)ccc2F)cc1Nc1ccncc1C(O)O. The first kappa shape index (κ1) is 19.2. The molecule has 0 amide bonds. The molecule has 0 saturated heterocycles. The summed E-state index contributed by atoms with van der Waals surface area (Å²) >= 11 is 6.00. The van der Waals surface area contributed by atoms with E-state index in [-0.39, 0.29) is 17.0 Å². The van der Waals surface area contributed by atoms with Crippen molar-refractivity contribution in [2.75, 3.05) is 5.32 Å². The van der Waals surface area contributed by atoms with E-state index in [1.165, 1.54) is 24.4 Å². The fourth-order valence-corrected chi connectivity index (χ4v) is 2.92. The van der Waals surface area contributed by atoms with Crippen LogP contribution in [0.15, 0.2) is 48.9 Å². The van der Waals surface area contributed by atoms with Crippen molar-refractivity contribution in [3.8, 4) is 11.3 Å². The summed E-state index contributed by atoms with van der Waals surface area (Å²) in [6.07, 6.45) is 2.93. The van der Waals surface area contributed by atoms with Crippen LogP contribution in [0.5, 0.6) is 0 Å². The Morgan fingerprint density at radius 2 is 1.81 bits per heavy atom. The third-order valence-corrected chi connectivity index (χ3v) is 4.40. The molecule has 2 heterocycles. The van der Waals surface area contributed by atoms with Gasteiger partial charge in [0.2, 0.25) is 0 Å². The molecular weight excluding hydrogens is 369 g/mol. The third-order valence-electron chi connectivity index (χ3n) is 4.16. The zero-order valence-corrected chi connectivity index (χ0v) is 15.6. The molecule has 0 spiro atoms. The summed E-state index contributed by atoms with van der Waals surface area (Å²) in [5.41, 5.74) is 3.02. The highest BCUT2D eigenvalue weighted by Crippen LogP contribution is 2.33. The number of hydrogen-bond donors (Lipinski definition) is 3. The van der Waals surface area contributed by atoms with Crippen LogP contribution in [0.25, 0.3) is 11.3 Å². The fourth-order valence-electron chi connectivity index (χ4n) is 2.75. The van der Waals surface area contributed by atoms with Crippen molar-refractivity contribution in [2.45, 2.75) is 26.1 Å². The Morgan fingerprint density at radius 3 is 2.52 bits per heavy atom. The average molecular weight is 388 g/mol. The molecular formula is C20H19ClFN3O2. The van der Waals surface area contributed by atoms with Crippen LogP contribution in [0.3, 0.4) is 0 Å². The predicted octanol–water partition coefficient (Wildman–Crippen LogP) is 4.79. The molecule has 0 aliphatic carbocycles. The van der Waals surface area contributed by atoms with Gasteiger partial charge in [-0.2, -0.15) is 0 Å². The van der Waals surface area contributed by atoms with E-state index in [1.807, 2.05) is 13.8 Å². The zero-order chi connectivity index (χ0) is 19.6. The number of hydrogen-bond acceptors (Lipinski definition) is 5. The van der Waals surface area contributed by atoms with Gasteiger partial charge in [-0.15, -0.1) is 0 Å². The Hall–Kier alpha value is -2.54. The van der Waals surface area contributed by atoms with Gasteiger partial charge in [-0.3, -0.25) is 9.97 Å². The number of nitrogens with zero attached hydrogens (tertiary/aromatic N) is 2. The normalized spacial score (nSPS) is 11.3. The van der Waals surface area contributed by atoms with E-state index in [9.17, 15) is 14.6 Å². The van der Waals surface area contributed by atoms with Crippen LogP contribution in [-0.2, 0) is 0 Å². The van der Waals surface area contributed by atoms with Crippen LogP contribution in [0, 0.1) is 5.82 Å². The number of nitrogens with one attached hydrogen (secondary N) is 1. The quantitative estimate of drug-likeness (QED) is 0.549. The highest BCUT2D eigenvalue weighted by Gasteiger charge is 2.16. The van der Waals surface area contributed by atoms with Crippen LogP contribution in [-0.4, -0.2) is 20.2 Å². The van der Waals surface area contributed by atoms with E-state index >= 15 is 0 Å². The number of anilines is 2. The van der Waals surface area contributed by atoms with Gasteiger partial charge in [0.05, 0.1) is 5.69 Å². The lowest BCUT2D eigenvalue weighted by molar-refractivity contribution is -0.0421. The molecule has 0 saturated carbocycles. The molecule has 5 nitrogen and oxygen atoms in total. The van der Waals surface area contributed by atoms with E-state index in [0.29, 0.717) is 22.1 Å². The first-order valence-corrected chi connectivity index (χ1v) is 8.77. The van der Waals surface area contributed by atoms with Gasteiger partial charge in [0.1, 0.15) is 5.82 Å². The second kappa shape index (κ2) is 8.00. The maximum atomic E-state index is 14.2. The molecule has 7 heteroatoms. The monoisotopic (exact) mass is 387 g/mol. The summed E-state index contributed by atoms with van der Waals surface area (Å²) in [4.78, 5) is 8.30. The Bertz CT molecular complexity index is 964. The van der Waals surface area contributed by atoms with Crippen LogP contribution >= 0.6 is 11.6 Å². The van der Waals surface area contributed by atoms with Crippen molar-refractivity contribution in [1.29, 1.82) is 0 Å². The number of aliphatic hydroxyl groups excluding tert-OH is 1. The summed E-state index contributed by atoms with van der Waals surface area (Å²) in [7, 11) is 0. The molecule has 1 aromatic carbocycles. The van der Waals surface area contributed by atoms with Crippen molar-refractivity contribution >= 4 is 23.0 Å². The van der Waals surface area contributed by atoms with Gasteiger partial charge in [-0.25, -0.2) is 4.39 Å². The molecule has 0 atom stereocenters. The number of benzene rings is 1. The first-order chi connectivity index (χ1) is 12.9. The molecule has 140 valence electrons. The van der Waals surface area contributed by atoms with E-state index in [0.717, 1.165) is 5.56 Å². The Labute approximate surface area is 161 Å². The minimum atomic E-state index is -1.67. The highest BCUT2D eigenvalue weighted by molar-refractivity contribution is 6.30. The lowest BCUT2D eigenvalue weighted by Crippen LogP contribution is -2.05. The maximum Gasteiger partial charge on any atom is 0.182 e. The lowest BCUT2D eigenvalue weighted by atomic mass is 10.0. The van der Waals surface area contributed by atoms with Gasteiger partial charge < -0.3 is 15.5 Å². The largest absolute Gasteiger partial charge is 0.364 e. The third kappa shape index (κ3) is 4.24. The summed E-state index contributed by atoms with van der Waals surface area (Å²) in [5, 5.41) is 22.7. The van der Waals surface area contributed by atoms with Crippen LogP contribution in [0.1, 0.15) is 37.2 Å². The molecule has 3 N–H and O–H groups in total. The van der Waals surface area contributed by atoms with E-state index in [1.54, 1.807) is 24.5 Å². The first-order valence-electron chi connectivity index (χ1n) is 8.39. The van der Waals surface area contributed by atoms with Crippen LogP contribution in [0.4, 0.5) is 15.8 Å². The molecule has 0 aliphatic rings. The van der Waals surface area contributed by atoms with Crippen molar-refractivity contribution in [2.24, 2.45) is 0 Å². The van der Waals surface area contributed by atoms with Crippen LogP contribution in [0.2, 0.25) is 5.02 Å². The summed E-state index contributed by atoms with van der Waals surface area (Å²) in [6, 6.07) is 7.66. The van der Waals surface area contributed by atoms with Gasteiger partial charge in [-0.1, -0.05) is 25.4 Å². The van der Waals surface area contributed by atoms with Gasteiger partial charge in [0.25, 0.3) is 0 Å². The van der Waals surface area contributed by atoms with Gasteiger partial charge in [-0.05, 0) is 41.8 Å². The van der Waals surface area contributed by atoms with E-state index in [4.69, 9.17) is 11.6 Å². The van der Waals surface area contributed by atoms with Crippen molar-refractivity contribution in [1.82, 2.24) is 9.97 Å². The highest BCUT2D eigenvalue weighted by atomic mass is 35.5. The number of rotatable bonds is 5. The predicted molar refractivity (Wildman–Crippen MR) is 103 cm³/mol. The Balaban J connectivity index is 2.10. The number of pyridine rings is 2. The zero-order valence-electron chi connectivity index (χ0n) is 14.8. The number of aliphatic hydroxyl groups is 2. The molecule has 3 rings (SSSR count). The molecule has 0 aliphatic heterocycles. The van der Waals surface area contributed by atoms with Crippen molar-refractivity contribution in [3.05, 3.63) is 70.9 Å². The molecule has 2 aromatic heterocycles. The Kier molecular flexibility index (Phi) is 5.70. The number of aromatic nitrogens is 2. The minimum absolute atomic E-state index is 0.141. The molecule has 0 unspecified atom stereocenters. The van der Waals surface area contributed by atoms with Gasteiger partial charge in [0.15, 0.2) is 6.29 Å². The lowest BCUT2D eigenvalue weighted by Gasteiger charge is -2.18. The maximum absolute atomic E-state index is 14.2. The fraction of sp³-hybridized carbons (Fsp3) is 0.200. The van der Waals surface area contributed by atoms with Crippen molar-refractivity contribution in [3.63, 3.8) is 0 Å². The van der Waals surface area contributed by atoms with Crippen molar-refractivity contribution < 1.29 is 14.6 Å². The summed E-state index contributed by atoms with van der Waals surface area (Å²) in [6.45, 7) is 4.02. The molecule has 0 bridgehead atoms. The minimum Gasteiger partial charge on any atom is -0.364 e. The topological polar surface area (TPSA) is 78.3 Å². The van der Waals surface area contributed by atoms with E-state index < -0.39 is 12.1 Å².